The zero-order chi connectivity index (χ0) is 30.8. The van der Waals surface area contributed by atoms with Crippen molar-refractivity contribution in [2.24, 2.45) is 29.6 Å². The van der Waals surface area contributed by atoms with Crippen molar-refractivity contribution in [1.29, 1.82) is 0 Å². The number of aliphatic hydroxyl groups is 2. The van der Waals surface area contributed by atoms with E-state index in [0.717, 1.165) is 51.6 Å². The van der Waals surface area contributed by atoms with Gasteiger partial charge in [-0.3, -0.25) is 0 Å². The van der Waals surface area contributed by atoms with Gasteiger partial charge in [-0.05, 0) is 87.0 Å². The fourth-order valence-corrected chi connectivity index (χ4v) is 6.35. The van der Waals surface area contributed by atoms with Crippen LogP contribution in [0.3, 0.4) is 0 Å². The zero-order valence-electron chi connectivity index (χ0n) is 28.0. The molecular formula is C36H67O5-. The van der Waals surface area contributed by atoms with E-state index in [2.05, 4.69) is 40.7 Å². The average molecular weight is 580 g/mol. The lowest BCUT2D eigenvalue weighted by molar-refractivity contribution is -0.311. The molecule has 0 heterocycles. The van der Waals surface area contributed by atoms with Gasteiger partial charge < -0.3 is 24.9 Å². The van der Waals surface area contributed by atoms with Gasteiger partial charge in [0.25, 0.3) is 0 Å². The van der Waals surface area contributed by atoms with Crippen LogP contribution in [0.4, 0.5) is 0 Å². The standard InChI is InChI=1S/C36H68O5/c1-8-9-10-11-12-13-25-41-34-31(6)30(5)33(37)26-32(34)22-21-28(3)18-14-17-27(2)19-15-23-36(7,40)24-16-20-29(4)35(38)39/h26-31,33-34,37,40H,8-25H2,1-7H3,(H,38,39)/p-1. The third-order valence-corrected chi connectivity index (χ3v) is 9.88. The monoisotopic (exact) mass is 579 g/mol. The van der Waals surface area contributed by atoms with Crippen molar-refractivity contribution < 1.29 is 24.9 Å². The van der Waals surface area contributed by atoms with Crippen LogP contribution in [0.15, 0.2) is 11.6 Å². The van der Waals surface area contributed by atoms with Gasteiger partial charge in [0.1, 0.15) is 0 Å². The number of unbranched alkanes of at least 4 members (excludes halogenated alkanes) is 5. The molecule has 1 aliphatic carbocycles. The zero-order valence-corrected chi connectivity index (χ0v) is 28.0. The molecular weight excluding hydrogens is 512 g/mol. The molecule has 5 heteroatoms. The molecule has 0 amide bonds. The summed E-state index contributed by atoms with van der Waals surface area (Å²) in [6.07, 6.45) is 20.2. The fraction of sp³-hybridized carbons (Fsp3) is 0.917. The molecule has 5 nitrogen and oxygen atoms in total. The maximum Gasteiger partial charge on any atom is 0.0815 e. The van der Waals surface area contributed by atoms with E-state index in [9.17, 15) is 20.1 Å². The number of carboxylic acids is 1. The molecule has 0 aliphatic heterocycles. The minimum atomic E-state index is -1.00. The summed E-state index contributed by atoms with van der Waals surface area (Å²) in [5.74, 6) is 0.421. The number of rotatable bonds is 24. The summed E-state index contributed by atoms with van der Waals surface area (Å²) in [6, 6.07) is 0. The number of carbonyl (C=O) groups excluding carboxylic acids is 1. The van der Waals surface area contributed by atoms with Gasteiger partial charge in [0.15, 0.2) is 0 Å². The molecule has 0 aromatic carbocycles. The molecule has 0 bridgehead atoms. The van der Waals surface area contributed by atoms with E-state index >= 15 is 0 Å². The number of ether oxygens (including phenoxy) is 1. The van der Waals surface area contributed by atoms with E-state index in [0.29, 0.717) is 30.6 Å². The molecule has 1 aliphatic rings. The van der Waals surface area contributed by atoms with Gasteiger partial charge in [-0.2, -0.15) is 0 Å². The molecule has 0 radical (unpaired) electrons. The smallest absolute Gasteiger partial charge is 0.0815 e. The lowest BCUT2D eigenvalue weighted by atomic mass is 9.76. The number of aliphatic hydroxyl groups excluding tert-OH is 1. The minimum absolute atomic E-state index is 0.144. The summed E-state index contributed by atoms with van der Waals surface area (Å²) in [5, 5.41) is 32.2. The van der Waals surface area contributed by atoms with Gasteiger partial charge in [0, 0.05) is 12.6 Å². The van der Waals surface area contributed by atoms with E-state index in [-0.39, 0.29) is 18.1 Å². The highest BCUT2D eigenvalue weighted by atomic mass is 16.5. The predicted octanol–water partition coefficient (Wildman–Crippen LogP) is 8.01. The maximum absolute atomic E-state index is 10.9. The highest BCUT2D eigenvalue weighted by Crippen LogP contribution is 2.35. The molecule has 8 atom stereocenters. The number of carbonyl (C=O) groups is 1. The van der Waals surface area contributed by atoms with E-state index in [1.165, 1.54) is 56.9 Å². The second-order valence-corrected chi connectivity index (χ2v) is 14.2. The highest BCUT2D eigenvalue weighted by Gasteiger charge is 2.34. The molecule has 0 aromatic rings. The molecule has 0 saturated heterocycles. The van der Waals surface area contributed by atoms with Crippen LogP contribution >= 0.6 is 0 Å². The predicted molar refractivity (Wildman–Crippen MR) is 169 cm³/mol. The van der Waals surface area contributed by atoms with Crippen LogP contribution in [0.1, 0.15) is 158 Å². The lowest BCUT2D eigenvalue weighted by Crippen LogP contribution is -2.39. The summed E-state index contributed by atoms with van der Waals surface area (Å²) in [5.41, 5.74) is 0.600. The van der Waals surface area contributed by atoms with E-state index in [1.54, 1.807) is 6.92 Å². The Kier molecular flexibility index (Phi) is 19.4. The normalized spacial score (nSPS) is 24.9. The maximum atomic E-state index is 10.9. The number of hydrogen-bond donors (Lipinski definition) is 2. The van der Waals surface area contributed by atoms with Gasteiger partial charge in [0.2, 0.25) is 0 Å². The SMILES string of the molecule is CCCCCCCCOC1C(CCC(C)CCCC(C)CCCC(C)(O)CCCC(C)C(=O)[O-])=CC(O)C(C)C1C. The van der Waals surface area contributed by atoms with Crippen molar-refractivity contribution in [2.75, 3.05) is 6.61 Å². The molecule has 0 fully saturated rings. The van der Waals surface area contributed by atoms with Crippen LogP contribution in [-0.2, 0) is 9.53 Å². The summed E-state index contributed by atoms with van der Waals surface area (Å²) in [7, 11) is 0. The van der Waals surface area contributed by atoms with Crippen molar-refractivity contribution >= 4 is 5.97 Å². The Hall–Kier alpha value is -0.910. The Labute approximate surface area is 253 Å². The fourth-order valence-electron chi connectivity index (χ4n) is 6.35. The van der Waals surface area contributed by atoms with Crippen molar-refractivity contribution in [3.8, 4) is 0 Å². The van der Waals surface area contributed by atoms with Gasteiger partial charge in [-0.15, -0.1) is 0 Å². The number of carboxylic acid groups (broad SMARTS) is 1. The summed E-state index contributed by atoms with van der Waals surface area (Å²) in [6.45, 7) is 15.7. The second kappa shape index (κ2) is 20.9. The first-order valence-corrected chi connectivity index (χ1v) is 17.3. The van der Waals surface area contributed by atoms with Gasteiger partial charge in [-0.25, -0.2) is 0 Å². The van der Waals surface area contributed by atoms with E-state index in [4.69, 9.17) is 4.74 Å². The molecule has 242 valence electrons. The Morgan fingerprint density at radius 2 is 1.44 bits per heavy atom. The highest BCUT2D eigenvalue weighted by molar-refractivity contribution is 5.66. The van der Waals surface area contributed by atoms with Crippen LogP contribution in [0, 0.1) is 29.6 Å². The van der Waals surface area contributed by atoms with Gasteiger partial charge in [0.05, 0.1) is 17.8 Å². The first-order chi connectivity index (χ1) is 19.4. The average Bonchev–Trinajstić information content (AvgIpc) is 2.90. The summed E-state index contributed by atoms with van der Waals surface area (Å²) < 4.78 is 6.46. The lowest BCUT2D eigenvalue weighted by Gasteiger charge is -2.38. The molecule has 1 rings (SSSR count). The van der Waals surface area contributed by atoms with Crippen molar-refractivity contribution in [2.45, 2.75) is 175 Å². The summed E-state index contributed by atoms with van der Waals surface area (Å²) >= 11 is 0. The molecule has 8 unspecified atom stereocenters. The van der Waals surface area contributed by atoms with Crippen LogP contribution in [0.5, 0.6) is 0 Å². The van der Waals surface area contributed by atoms with Crippen molar-refractivity contribution in [3.63, 3.8) is 0 Å². The first-order valence-electron chi connectivity index (χ1n) is 17.3. The molecule has 0 aromatic heterocycles. The van der Waals surface area contributed by atoms with Crippen LogP contribution < -0.4 is 5.11 Å². The Balaban J connectivity index is 2.32. The summed E-state index contributed by atoms with van der Waals surface area (Å²) in [4.78, 5) is 10.9. The Morgan fingerprint density at radius 1 is 0.878 bits per heavy atom. The molecule has 41 heavy (non-hydrogen) atoms. The van der Waals surface area contributed by atoms with Crippen LogP contribution in [-0.4, -0.2) is 40.6 Å². The minimum Gasteiger partial charge on any atom is -0.550 e. The largest absolute Gasteiger partial charge is 0.550 e. The Bertz CT molecular complexity index is 717. The van der Waals surface area contributed by atoms with Crippen LogP contribution in [0.2, 0.25) is 0 Å². The van der Waals surface area contributed by atoms with Crippen molar-refractivity contribution in [1.82, 2.24) is 0 Å². The second-order valence-electron chi connectivity index (χ2n) is 14.2. The third-order valence-electron chi connectivity index (χ3n) is 9.88. The van der Waals surface area contributed by atoms with E-state index < -0.39 is 17.5 Å². The molecule has 2 N–H and O–H groups in total. The first kappa shape index (κ1) is 38.1. The quantitative estimate of drug-likeness (QED) is 0.0893. The number of aliphatic carboxylic acids is 1. The van der Waals surface area contributed by atoms with E-state index in [1.807, 2.05) is 6.92 Å². The van der Waals surface area contributed by atoms with Gasteiger partial charge in [-0.1, -0.05) is 112 Å². The Morgan fingerprint density at radius 3 is 2.07 bits per heavy atom. The molecule has 0 saturated carbocycles. The van der Waals surface area contributed by atoms with Gasteiger partial charge >= 0.3 is 0 Å². The molecule has 0 spiro atoms. The van der Waals surface area contributed by atoms with Crippen LogP contribution in [0.25, 0.3) is 0 Å². The van der Waals surface area contributed by atoms with Crippen molar-refractivity contribution in [3.05, 3.63) is 11.6 Å². The topological polar surface area (TPSA) is 89.8 Å². The third kappa shape index (κ3) is 16.5. The number of hydrogen-bond acceptors (Lipinski definition) is 5.